The molecule has 0 aliphatic heterocycles. The average Bonchev–Trinajstić information content (AvgIpc) is 2.99. The molecule has 0 aromatic carbocycles. The van der Waals surface area contributed by atoms with Crippen molar-refractivity contribution in [1.29, 1.82) is 0 Å². The summed E-state index contributed by atoms with van der Waals surface area (Å²) >= 11 is 0. The van der Waals surface area contributed by atoms with E-state index in [1.165, 1.54) is 0 Å². The number of carboxylic acid groups (broad SMARTS) is 1. The second-order valence-corrected chi connectivity index (χ2v) is 6.06. The zero-order valence-corrected chi connectivity index (χ0v) is 13.4. The Morgan fingerprint density at radius 3 is 2.36 bits per heavy atom. The van der Waals surface area contributed by atoms with Crippen LogP contribution >= 0.6 is 0 Å². The van der Waals surface area contributed by atoms with Crippen molar-refractivity contribution in [3.63, 3.8) is 0 Å². The first-order chi connectivity index (χ1) is 10.5. The van der Waals surface area contributed by atoms with E-state index in [9.17, 15) is 14.4 Å². The number of hydrogen-bond donors (Lipinski definition) is 3. The Kier molecular flexibility index (Phi) is 8.55. The van der Waals surface area contributed by atoms with Crippen LogP contribution in [-0.2, 0) is 14.4 Å². The van der Waals surface area contributed by atoms with E-state index < -0.39 is 12.0 Å². The normalized spacial score (nSPS) is 16.2. The van der Waals surface area contributed by atoms with E-state index in [0.29, 0.717) is 13.0 Å². The summed E-state index contributed by atoms with van der Waals surface area (Å²) in [6.45, 7) is 2.27. The van der Waals surface area contributed by atoms with Crippen molar-refractivity contribution in [3.05, 3.63) is 0 Å². The molecule has 1 aliphatic carbocycles. The molecule has 0 spiro atoms. The number of carboxylic acids is 1. The van der Waals surface area contributed by atoms with Crippen molar-refractivity contribution < 1.29 is 19.5 Å². The van der Waals surface area contributed by atoms with Crippen LogP contribution in [0.25, 0.3) is 0 Å². The number of rotatable bonds is 10. The van der Waals surface area contributed by atoms with E-state index in [2.05, 4.69) is 10.6 Å². The molecule has 1 saturated carbocycles. The van der Waals surface area contributed by atoms with Crippen LogP contribution in [0.4, 0.5) is 0 Å². The molecule has 1 unspecified atom stereocenters. The van der Waals surface area contributed by atoms with Gasteiger partial charge in [0.15, 0.2) is 0 Å². The molecule has 1 aliphatic rings. The number of unbranched alkanes of at least 4 members (excludes halogenated alkanes) is 3. The number of carbonyl (C=O) groups is 3. The third-order valence-corrected chi connectivity index (χ3v) is 4.09. The Morgan fingerprint density at radius 2 is 1.73 bits per heavy atom. The summed E-state index contributed by atoms with van der Waals surface area (Å²) in [4.78, 5) is 34.1. The largest absolute Gasteiger partial charge is 0.481 e. The van der Waals surface area contributed by atoms with Gasteiger partial charge in [-0.3, -0.25) is 14.4 Å². The first kappa shape index (κ1) is 18.5. The zero-order valence-electron chi connectivity index (χ0n) is 13.4. The molecule has 126 valence electrons. The van der Waals surface area contributed by atoms with Crippen LogP contribution in [0.2, 0.25) is 0 Å². The van der Waals surface area contributed by atoms with Gasteiger partial charge < -0.3 is 15.7 Å². The molecular weight excluding hydrogens is 284 g/mol. The SMILES string of the molecule is CC(NC(=O)C1CCCC1)C(=O)NCCCCCCC(=O)O. The van der Waals surface area contributed by atoms with Crippen LogP contribution in [0.3, 0.4) is 0 Å². The molecular formula is C16H28N2O4. The first-order valence-corrected chi connectivity index (χ1v) is 8.30. The Labute approximate surface area is 132 Å². The van der Waals surface area contributed by atoms with E-state index in [1.54, 1.807) is 6.92 Å². The van der Waals surface area contributed by atoms with Crippen molar-refractivity contribution in [1.82, 2.24) is 10.6 Å². The fraction of sp³-hybridized carbons (Fsp3) is 0.812. The Balaban J connectivity index is 2.06. The number of carbonyl (C=O) groups excluding carboxylic acids is 2. The molecule has 0 bridgehead atoms. The van der Waals surface area contributed by atoms with Gasteiger partial charge in [0, 0.05) is 18.9 Å². The fourth-order valence-electron chi connectivity index (χ4n) is 2.70. The molecule has 0 saturated heterocycles. The molecule has 0 aromatic rings. The van der Waals surface area contributed by atoms with Gasteiger partial charge in [-0.05, 0) is 32.6 Å². The minimum atomic E-state index is -0.764. The molecule has 0 heterocycles. The van der Waals surface area contributed by atoms with Gasteiger partial charge in [-0.2, -0.15) is 0 Å². The van der Waals surface area contributed by atoms with E-state index in [4.69, 9.17) is 5.11 Å². The van der Waals surface area contributed by atoms with Crippen molar-refractivity contribution >= 4 is 17.8 Å². The molecule has 1 rings (SSSR count). The molecule has 3 N–H and O–H groups in total. The van der Waals surface area contributed by atoms with Crippen molar-refractivity contribution in [2.24, 2.45) is 5.92 Å². The predicted molar refractivity (Wildman–Crippen MR) is 83.3 cm³/mol. The topological polar surface area (TPSA) is 95.5 Å². The highest BCUT2D eigenvalue weighted by Crippen LogP contribution is 2.24. The van der Waals surface area contributed by atoms with Crippen LogP contribution in [0.15, 0.2) is 0 Å². The van der Waals surface area contributed by atoms with E-state index >= 15 is 0 Å². The van der Waals surface area contributed by atoms with Gasteiger partial charge in [-0.1, -0.05) is 25.7 Å². The average molecular weight is 312 g/mol. The molecule has 1 atom stereocenters. The molecule has 0 radical (unpaired) electrons. The monoisotopic (exact) mass is 312 g/mol. The van der Waals surface area contributed by atoms with Gasteiger partial charge in [0.05, 0.1) is 0 Å². The Morgan fingerprint density at radius 1 is 1.09 bits per heavy atom. The van der Waals surface area contributed by atoms with E-state index in [0.717, 1.165) is 44.9 Å². The lowest BCUT2D eigenvalue weighted by Gasteiger charge is -2.16. The third kappa shape index (κ3) is 7.43. The summed E-state index contributed by atoms with van der Waals surface area (Å²) in [5.41, 5.74) is 0. The summed E-state index contributed by atoms with van der Waals surface area (Å²) in [5.74, 6) is -0.852. The third-order valence-electron chi connectivity index (χ3n) is 4.09. The second kappa shape index (κ2) is 10.2. The standard InChI is InChI=1S/C16H28N2O4/c1-12(18-16(22)13-8-5-6-9-13)15(21)17-11-7-3-2-4-10-14(19)20/h12-13H,2-11H2,1H3,(H,17,21)(H,18,22)(H,19,20). The first-order valence-electron chi connectivity index (χ1n) is 8.30. The van der Waals surface area contributed by atoms with E-state index in [-0.39, 0.29) is 24.2 Å². The van der Waals surface area contributed by atoms with Gasteiger partial charge in [0.25, 0.3) is 0 Å². The summed E-state index contributed by atoms with van der Waals surface area (Å²) in [5, 5.41) is 14.1. The number of nitrogens with one attached hydrogen (secondary N) is 2. The minimum absolute atomic E-state index is 0.00572. The smallest absolute Gasteiger partial charge is 0.303 e. The van der Waals surface area contributed by atoms with Gasteiger partial charge in [-0.25, -0.2) is 0 Å². The van der Waals surface area contributed by atoms with Crippen molar-refractivity contribution in [2.45, 2.75) is 70.8 Å². The van der Waals surface area contributed by atoms with Crippen molar-refractivity contribution in [2.75, 3.05) is 6.54 Å². The molecule has 22 heavy (non-hydrogen) atoms. The van der Waals surface area contributed by atoms with Crippen LogP contribution in [0.5, 0.6) is 0 Å². The fourth-order valence-corrected chi connectivity index (χ4v) is 2.70. The van der Waals surface area contributed by atoms with Gasteiger partial charge in [0.2, 0.25) is 11.8 Å². The highest BCUT2D eigenvalue weighted by atomic mass is 16.4. The maximum absolute atomic E-state index is 11.9. The zero-order chi connectivity index (χ0) is 16.4. The molecule has 0 aromatic heterocycles. The summed E-state index contributed by atoms with van der Waals surface area (Å²) in [6, 6.07) is -0.500. The molecule has 6 heteroatoms. The maximum Gasteiger partial charge on any atom is 0.303 e. The molecule has 6 nitrogen and oxygen atoms in total. The van der Waals surface area contributed by atoms with E-state index in [1.807, 2.05) is 0 Å². The van der Waals surface area contributed by atoms with Crippen molar-refractivity contribution in [3.8, 4) is 0 Å². The highest BCUT2D eigenvalue weighted by Gasteiger charge is 2.25. The number of hydrogen-bond acceptors (Lipinski definition) is 3. The molecule has 2 amide bonds. The minimum Gasteiger partial charge on any atom is -0.481 e. The molecule has 1 fully saturated rings. The van der Waals surface area contributed by atoms with Gasteiger partial charge in [0.1, 0.15) is 6.04 Å². The Bertz CT molecular complexity index is 378. The maximum atomic E-state index is 11.9. The van der Waals surface area contributed by atoms with Crippen LogP contribution in [0.1, 0.15) is 64.7 Å². The van der Waals surface area contributed by atoms with Crippen LogP contribution in [-0.4, -0.2) is 35.5 Å². The number of amides is 2. The summed E-state index contributed by atoms with van der Waals surface area (Å²) < 4.78 is 0. The van der Waals surface area contributed by atoms with Gasteiger partial charge >= 0.3 is 5.97 Å². The van der Waals surface area contributed by atoms with Crippen LogP contribution in [0, 0.1) is 5.92 Å². The highest BCUT2D eigenvalue weighted by molar-refractivity contribution is 5.88. The summed E-state index contributed by atoms with van der Waals surface area (Å²) in [7, 11) is 0. The predicted octanol–water partition coefficient (Wildman–Crippen LogP) is 1.83. The van der Waals surface area contributed by atoms with Gasteiger partial charge in [-0.15, -0.1) is 0 Å². The lowest BCUT2D eigenvalue weighted by Crippen LogP contribution is -2.46. The second-order valence-electron chi connectivity index (χ2n) is 6.06. The van der Waals surface area contributed by atoms with Crippen LogP contribution < -0.4 is 10.6 Å². The lowest BCUT2D eigenvalue weighted by molar-refractivity contribution is -0.137. The number of aliphatic carboxylic acids is 1. The summed E-state index contributed by atoms with van der Waals surface area (Å²) in [6.07, 6.45) is 7.52. The Hall–Kier alpha value is -1.59. The quantitative estimate of drug-likeness (QED) is 0.536. The lowest BCUT2D eigenvalue weighted by atomic mass is 10.1.